The first-order valence-corrected chi connectivity index (χ1v) is 8.42. The maximum atomic E-state index is 10.1. The second-order valence-corrected chi connectivity index (χ2v) is 6.23. The molecule has 5 N–H and O–H groups in total. The van der Waals surface area contributed by atoms with Crippen molar-refractivity contribution in [2.75, 3.05) is 13.7 Å². The van der Waals surface area contributed by atoms with E-state index in [0.717, 1.165) is 0 Å². The number of methoxy groups -OCH3 is 1. The van der Waals surface area contributed by atoms with E-state index in [4.69, 9.17) is 15.2 Å². The van der Waals surface area contributed by atoms with Crippen molar-refractivity contribution in [2.45, 2.75) is 24.7 Å². The Balaban J connectivity index is 1.66. The van der Waals surface area contributed by atoms with Crippen molar-refractivity contribution in [3.8, 4) is 11.1 Å². The van der Waals surface area contributed by atoms with Crippen LogP contribution >= 0.6 is 0 Å². The zero-order valence-corrected chi connectivity index (χ0v) is 14.6. The zero-order valence-electron chi connectivity index (χ0n) is 14.6. The highest BCUT2D eigenvalue weighted by atomic mass is 16.6. The van der Waals surface area contributed by atoms with Crippen molar-refractivity contribution < 1.29 is 19.7 Å². The van der Waals surface area contributed by atoms with Crippen LogP contribution < -0.4 is 11.1 Å². The Morgan fingerprint density at radius 2 is 1.65 bits per heavy atom. The molecule has 0 bridgehead atoms. The molecule has 0 aliphatic heterocycles. The summed E-state index contributed by atoms with van der Waals surface area (Å²) in [5.74, 6) is 0.0327. The molecule has 138 valence electrons. The molecule has 0 heterocycles. The Kier molecular flexibility index (Phi) is 5.70. The Morgan fingerprint density at radius 1 is 1.12 bits per heavy atom. The number of nitrogens with two attached hydrogens (primary N) is 1. The quantitative estimate of drug-likeness (QED) is 0.535. The van der Waals surface area contributed by atoms with Crippen LogP contribution in [0.4, 0.5) is 0 Å². The molecule has 0 saturated heterocycles. The molecule has 0 fully saturated rings. The number of hydrogen-bond donors (Lipinski definition) is 4. The van der Waals surface area contributed by atoms with Crippen LogP contribution in [0.2, 0.25) is 0 Å². The van der Waals surface area contributed by atoms with Gasteiger partial charge in [0.25, 0.3) is 0 Å². The summed E-state index contributed by atoms with van der Waals surface area (Å²) in [6, 6.07) is 15.5. The third-order valence-electron chi connectivity index (χ3n) is 4.64. The summed E-state index contributed by atoms with van der Waals surface area (Å²) in [6.07, 6.45) is -2.51. The lowest BCUT2D eigenvalue weighted by atomic mass is 9.98. The summed E-state index contributed by atoms with van der Waals surface area (Å²) in [5.41, 5.74) is 10.7. The highest BCUT2D eigenvalue weighted by molar-refractivity contribution is 5.78. The number of fused-ring (bicyclic) bond motifs is 3. The second kappa shape index (κ2) is 7.99. The third-order valence-corrected chi connectivity index (χ3v) is 4.64. The van der Waals surface area contributed by atoms with Crippen molar-refractivity contribution in [3.05, 3.63) is 71.9 Å². The largest absolute Gasteiger partial charge is 0.366 e. The molecule has 3 rings (SSSR count). The van der Waals surface area contributed by atoms with Crippen LogP contribution in [0.25, 0.3) is 11.1 Å². The minimum Gasteiger partial charge on any atom is -0.366 e. The lowest BCUT2D eigenvalue weighted by Crippen LogP contribution is -2.45. The minimum absolute atomic E-state index is 0.0327. The topological polar surface area (TPSA) is 97.0 Å². The van der Waals surface area contributed by atoms with E-state index >= 15 is 0 Å². The summed E-state index contributed by atoms with van der Waals surface area (Å²) in [4.78, 5) is 0. The normalized spacial score (nSPS) is 16.5. The summed E-state index contributed by atoms with van der Waals surface area (Å²) in [5, 5.41) is 22.3. The fourth-order valence-electron chi connectivity index (χ4n) is 3.24. The first-order chi connectivity index (χ1) is 12.5. The van der Waals surface area contributed by atoms with Gasteiger partial charge in [0.1, 0.15) is 0 Å². The summed E-state index contributed by atoms with van der Waals surface area (Å²) in [6.45, 7) is 3.99. The van der Waals surface area contributed by atoms with E-state index in [0.29, 0.717) is 0 Å². The minimum atomic E-state index is -1.29. The number of rotatable bonds is 8. The average Bonchev–Trinajstić information content (AvgIpc) is 2.99. The molecule has 3 atom stereocenters. The molecule has 0 radical (unpaired) electrons. The van der Waals surface area contributed by atoms with Crippen LogP contribution in [-0.2, 0) is 9.47 Å². The van der Waals surface area contributed by atoms with Crippen molar-refractivity contribution in [1.29, 1.82) is 0 Å². The third kappa shape index (κ3) is 3.65. The molecule has 0 saturated carbocycles. The van der Waals surface area contributed by atoms with Crippen molar-refractivity contribution in [3.63, 3.8) is 0 Å². The number of aliphatic hydroxyl groups excluding tert-OH is 2. The summed E-state index contributed by atoms with van der Waals surface area (Å²) < 4.78 is 10.3. The lowest BCUT2D eigenvalue weighted by Gasteiger charge is -2.24. The first-order valence-electron chi connectivity index (χ1n) is 8.42. The second-order valence-electron chi connectivity index (χ2n) is 6.23. The standard InChI is InChI=1S/C20H24N2O4/c1-12(18(21)19(23)25-2)22-20(24)26-11-17-15-9-5-3-7-13(15)14-8-4-6-10-16(14)17/h3-10,17-20,22-24H,1,11,21H2,2H3/t18-,19?,20?/m0/s1. The fourth-order valence-corrected chi connectivity index (χ4v) is 3.24. The van der Waals surface area contributed by atoms with Crippen LogP contribution in [0.3, 0.4) is 0 Å². The maximum Gasteiger partial charge on any atom is 0.235 e. The monoisotopic (exact) mass is 356 g/mol. The molecular weight excluding hydrogens is 332 g/mol. The highest BCUT2D eigenvalue weighted by Gasteiger charge is 2.29. The van der Waals surface area contributed by atoms with E-state index < -0.39 is 18.7 Å². The molecule has 1 aliphatic rings. The molecule has 26 heavy (non-hydrogen) atoms. The first kappa shape index (κ1) is 18.6. The number of benzene rings is 2. The Hall–Kier alpha value is -2.22. The van der Waals surface area contributed by atoms with E-state index in [9.17, 15) is 10.2 Å². The van der Waals surface area contributed by atoms with Crippen LogP contribution in [-0.4, -0.2) is 42.7 Å². The van der Waals surface area contributed by atoms with E-state index in [-0.39, 0.29) is 18.2 Å². The molecule has 1 aliphatic carbocycles. The van der Waals surface area contributed by atoms with Crippen molar-refractivity contribution in [1.82, 2.24) is 5.32 Å². The average molecular weight is 356 g/mol. The molecule has 2 unspecified atom stereocenters. The predicted octanol–water partition coefficient (Wildman–Crippen LogP) is 1.49. The fraction of sp³-hybridized carbons (Fsp3) is 0.300. The molecular formula is C20H24N2O4. The van der Waals surface area contributed by atoms with Gasteiger partial charge in [-0.1, -0.05) is 55.1 Å². The zero-order chi connectivity index (χ0) is 18.7. The number of aliphatic hydroxyl groups is 2. The number of ether oxygens (including phenoxy) is 2. The summed E-state index contributed by atoms with van der Waals surface area (Å²) in [7, 11) is 1.33. The van der Waals surface area contributed by atoms with Gasteiger partial charge < -0.3 is 30.7 Å². The molecule has 0 amide bonds. The Bertz CT molecular complexity index is 734. The summed E-state index contributed by atoms with van der Waals surface area (Å²) >= 11 is 0. The van der Waals surface area contributed by atoms with Gasteiger partial charge in [0.15, 0.2) is 6.29 Å². The van der Waals surface area contributed by atoms with Gasteiger partial charge in [-0.3, -0.25) is 0 Å². The van der Waals surface area contributed by atoms with Crippen LogP contribution in [0.1, 0.15) is 17.0 Å². The molecule has 6 nitrogen and oxygen atoms in total. The van der Waals surface area contributed by atoms with Crippen LogP contribution in [0.15, 0.2) is 60.8 Å². The van der Waals surface area contributed by atoms with Gasteiger partial charge in [-0.25, -0.2) is 0 Å². The van der Waals surface area contributed by atoms with Gasteiger partial charge in [-0.2, -0.15) is 0 Å². The maximum absolute atomic E-state index is 10.1. The Labute approximate surface area is 152 Å². The van der Waals surface area contributed by atoms with Crippen LogP contribution in [0, 0.1) is 0 Å². The van der Waals surface area contributed by atoms with Gasteiger partial charge in [0, 0.05) is 18.7 Å². The van der Waals surface area contributed by atoms with E-state index in [1.807, 2.05) is 24.3 Å². The smallest absolute Gasteiger partial charge is 0.235 e. The molecule has 0 aromatic heterocycles. The SMILES string of the molecule is C=C(NC(O)OCC1c2ccccc2-c2ccccc21)[C@H](N)C(O)OC. The van der Waals surface area contributed by atoms with Gasteiger partial charge in [-0.05, 0) is 22.3 Å². The van der Waals surface area contributed by atoms with Crippen LogP contribution in [0.5, 0.6) is 0 Å². The molecule has 2 aromatic rings. The van der Waals surface area contributed by atoms with Gasteiger partial charge >= 0.3 is 0 Å². The number of nitrogens with one attached hydrogen (secondary N) is 1. The molecule has 0 spiro atoms. The van der Waals surface area contributed by atoms with Gasteiger partial charge in [0.05, 0.1) is 12.6 Å². The van der Waals surface area contributed by atoms with Gasteiger partial charge in [0.2, 0.25) is 6.41 Å². The highest BCUT2D eigenvalue weighted by Crippen LogP contribution is 2.44. The van der Waals surface area contributed by atoms with Crippen molar-refractivity contribution in [2.24, 2.45) is 5.73 Å². The van der Waals surface area contributed by atoms with E-state index in [2.05, 4.69) is 36.2 Å². The Morgan fingerprint density at radius 3 is 2.19 bits per heavy atom. The van der Waals surface area contributed by atoms with Gasteiger partial charge in [-0.15, -0.1) is 0 Å². The van der Waals surface area contributed by atoms with E-state index in [1.54, 1.807) is 0 Å². The van der Waals surface area contributed by atoms with E-state index in [1.165, 1.54) is 29.4 Å². The molecule has 2 aromatic carbocycles. The number of hydrogen-bond acceptors (Lipinski definition) is 6. The van der Waals surface area contributed by atoms with Crippen molar-refractivity contribution >= 4 is 0 Å². The molecule has 6 heteroatoms. The lowest BCUT2D eigenvalue weighted by molar-refractivity contribution is -0.122. The predicted molar refractivity (Wildman–Crippen MR) is 98.9 cm³/mol.